The third kappa shape index (κ3) is 3.38. The van der Waals surface area contributed by atoms with Crippen LogP contribution in [0.5, 0.6) is 0 Å². The molecular weight excluding hydrogens is 342 g/mol. The lowest BCUT2D eigenvalue weighted by Gasteiger charge is -2.04. The van der Waals surface area contributed by atoms with Crippen LogP contribution in [0.4, 0.5) is 0 Å². The Hall–Kier alpha value is -0.210. The van der Waals surface area contributed by atoms with Crippen LogP contribution in [0.15, 0.2) is 37.0 Å². The molecule has 3 nitrogen and oxygen atoms in total. The molecule has 0 atom stereocenters. The lowest BCUT2D eigenvalue weighted by molar-refractivity contribution is 0.583. The van der Waals surface area contributed by atoms with Gasteiger partial charge in [-0.3, -0.25) is 0 Å². The Bertz CT molecular complexity index is 574. The van der Waals surface area contributed by atoms with Crippen molar-refractivity contribution in [3.63, 3.8) is 0 Å². The number of hydrogen-bond donors (Lipinski definition) is 1. The zero-order valence-corrected chi connectivity index (χ0v) is 12.8. The zero-order chi connectivity index (χ0) is 12.3. The number of sulfonamides is 1. The van der Waals surface area contributed by atoms with Crippen molar-refractivity contribution in [3.8, 4) is 0 Å². The van der Waals surface area contributed by atoms with Crippen LogP contribution in [0.1, 0.15) is 5.56 Å². The van der Waals surface area contributed by atoms with Gasteiger partial charge in [0.05, 0.1) is 0 Å². The molecule has 2 heterocycles. The van der Waals surface area contributed by atoms with Gasteiger partial charge in [0.1, 0.15) is 4.21 Å². The predicted octanol–water partition coefficient (Wildman–Crippen LogP) is 3.09. The Morgan fingerprint density at radius 1 is 1.29 bits per heavy atom. The second-order valence-corrected chi connectivity index (χ2v) is 7.85. The lowest BCUT2D eigenvalue weighted by atomic mass is 10.2. The van der Waals surface area contributed by atoms with Crippen molar-refractivity contribution >= 4 is 48.6 Å². The molecule has 7 heteroatoms. The number of nitrogens with one attached hydrogen (secondary N) is 1. The fourth-order valence-electron chi connectivity index (χ4n) is 1.30. The maximum Gasteiger partial charge on any atom is 0.251 e. The fourth-order valence-corrected chi connectivity index (χ4v) is 5.42. The molecule has 0 bridgehead atoms. The van der Waals surface area contributed by atoms with Crippen LogP contribution in [0.2, 0.25) is 0 Å². The summed E-state index contributed by atoms with van der Waals surface area (Å²) in [4.78, 5) is 0. The first-order valence-corrected chi connectivity index (χ1v) is 8.93. The van der Waals surface area contributed by atoms with E-state index in [1.807, 2.05) is 16.8 Å². The van der Waals surface area contributed by atoms with Crippen molar-refractivity contribution in [2.75, 3.05) is 6.54 Å². The van der Waals surface area contributed by atoms with Crippen LogP contribution < -0.4 is 4.72 Å². The standard InChI is InChI=1S/C10H10BrNO2S3/c11-9-3-6-16-10(9)17(13,14)12-4-1-8-2-5-15-7-8/h2-3,5-7,12H,1,4H2. The highest BCUT2D eigenvalue weighted by atomic mass is 79.9. The van der Waals surface area contributed by atoms with Gasteiger partial charge in [-0.1, -0.05) is 0 Å². The molecule has 0 aromatic carbocycles. The molecular formula is C10H10BrNO2S3. The van der Waals surface area contributed by atoms with Crippen LogP contribution in [0, 0.1) is 0 Å². The summed E-state index contributed by atoms with van der Waals surface area (Å²) in [6.45, 7) is 0.420. The summed E-state index contributed by atoms with van der Waals surface area (Å²) in [6, 6.07) is 3.73. The molecule has 17 heavy (non-hydrogen) atoms. The van der Waals surface area contributed by atoms with E-state index >= 15 is 0 Å². The molecule has 92 valence electrons. The van der Waals surface area contributed by atoms with E-state index in [2.05, 4.69) is 20.7 Å². The topological polar surface area (TPSA) is 46.2 Å². The SMILES string of the molecule is O=S(=O)(NCCc1ccsc1)c1sccc1Br. The largest absolute Gasteiger partial charge is 0.251 e. The number of thiophene rings is 2. The Morgan fingerprint density at radius 3 is 2.71 bits per heavy atom. The maximum atomic E-state index is 11.9. The molecule has 2 aromatic rings. The molecule has 2 rings (SSSR count). The molecule has 1 N–H and O–H groups in total. The summed E-state index contributed by atoms with van der Waals surface area (Å²) in [5.41, 5.74) is 1.16. The van der Waals surface area contributed by atoms with Crippen molar-refractivity contribution in [1.29, 1.82) is 0 Å². The average molecular weight is 352 g/mol. The Labute approximate surface area is 117 Å². The Balaban J connectivity index is 1.97. The van der Waals surface area contributed by atoms with E-state index in [0.717, 1.165) is 5.56 Å². The highest BCUT2D eigenvalue weighted by Crippen LogP contribution is 2.27. The van der Waals surface area contributed by atoms with E-state index in [-0.39, 0.29) is 0 Å². The third-order valence-corrected chi connectivity index (χ3v) is 6.98. The van der Waals surface area contributed by atoms with E-state index in [4.69, 9.17) is 0 Å². The molecule has 0 saturated heterocycles. The monoisotopic (exact) mass is 351 g/mol. The van der Waals surface area contributed by atoms with Crippen molar-refractivity contribution < 1.29 is 8.42 Å². The Morgan fingerprint density at radius 2 is 2.12 bits per heavy atom. The van der Waals surface area contributed by atoms with Gasteiger partial charge in [0.2, 0.25) is 0 Å². The van der Waals surface area contributed by atoms with E-state index in [1.54, 1.807) is 22.8 Å². The van der Waals surface area contributed by atoms with Crippen LogP contribution in [0.25, 0.3) is 0 Å². The van der Waals surface area contributed by atoms with Gasteiger partial charge < -0.3 is 0 Å². The molecule has 0 unspecified atom stereocenters. The Kier molecular flexibility index (Phi) is 4.37. The second-order valence-electron chi connectivity index (χ2n) is 3.34. The molecule has 2 aromatic heterocycles. The first-order chi connectivity index (χ1) is 8.09. The van der Waals surface area contributed by atoms with E-state index in [9.17, 15) is 8.42 Å². The van der Waals surface area contributed by atoms with Crippen LogP contribution >= 0.6 is 38.6 Å². The van der Waals surface area contributed by atoms with Crippen molar-refractivity contribution in [2.45, 2.75) is 10.6 Å². The van der Waals surface area contributed by atoms with Crippen LogP contribution in [-0.4, -0.2) is 15.0 Å². The lowest BCUT2D eigenvalue weighted by Crippen LogP contribution is -2.25. The number of rotatable bonds is 5. The second kappa shape index (κ2) is 5.62. The molecule has 0 amide bonds. The van der Waals surface area contributed by atoms with Gasteiger partial charge in [-0.25, -0.2) is 13.1 Å². The molecule has 0 spiro atoms. The first kappa shape index (κ1) is 13.2. The van der Waals surface area contributed by atoms with Gasteiger partial charge in [-0.05, 0) is 56.2 Å². The molecule has 0 fully saturated rings. The zero-order valence-electron chi connectivity index (χ0n) is 8.72. The summed E-state index contributed by atoms with van der Waals surface area (Å²) in [7, 11) is -3.38. The highest BCUT2D eigenvalue weighted by molar-refractivity contribution is 9.10. The van der Waals surface area contributed by atoms with E-state index in [0.29, 0.717) is 21.6 Å². The van der Waals surface area contributed by atoms with Crippen LogP contribution in [0.3, 0.4) is 0 Å². The number of halogens is 1. The van der Waals surface area contributed by atoms with Crippen molar-refractivity contribution in [2.24, 2.45) is 0 Å². The highest BCUT2D eigenvalue weighted by Gasteiger charge is 2.18. The summed E-state index contributed by atoms with van der Waals surface area (Å²) in [5, 5.41) is 5.76. The van der Waals surface area contributed by atoms with Crippen LogP contribution in [-0.2, 0) is 16.4 Å². The smallest absolute Gasteiger partial charge is 0.210 e. The van der Waals surface area contributed by atoms with E-state index < -0.39 is 10.0 Å². The maximum absolute atomic E-state index is 11.9. The van der Waals surface area contributed by atoms with Gasteiger partial charge in [-0.15, -0.1) is 11.3 Å². The molecule has 0 aliphatic rings. The van der Waals surface area contributed by atoms with Crippen molar-refractivity contribution in [3.05, 3.63) is 38.3 Å². The number of hydrogen-bond acceptors (Lipinski definition) is 4. The van der Waals surface area contributed by atoms with E-state index in [1.165, 1.54) is 11.3 Å². The summed E-state index contributed by atoms with van der Waals surface area (Å²) >= 11 is 6.05. The average Bonchev–Trinajstić information content (AvgIpc) is 2.88. The first-order valence-electron chi connectivity index (χ1n) is 4.83. The fraction of sp³-hybridized carbons (Fsp3) is 0.200. The predicted molar refractivity (Wildman–Crippen MR) is 75.2 cm³/mol. The molecule has 0 aliphatic carbocycles. The summed E-state index contributed by atoms with van der Waals surface area (Å²) < 4.78 is 27.4. The van der Waals surface area contributed by atoms with Gasteiger partial charge >= 0.3 is 0 Å². The van der Waals surface area contributed by atoms with Gasteiger partial charge in [-0.2, -0.15) is 11.3 Å². The van der Waals surface area contributed by atoms with Crippen molar-refractivity contribution in [1.82, 2.24) is 4.72 Å². The minimum absolute atomic E-state index is 0.336. The van der Waals surface area contributed by atoms with Gasteiger partial charge in [0.15, 0.2) is 0 Å². The van der Waals surface area contributed by atoms with Gasteiger partial charge in [0, 0.05) is 11.0 Å². The minimum Gasteiger partial charge on any atom is -0.210 e. The van der Waals surface area contributed by atoms with Gasteiger partial charge in [0.25, 0.3) is 10.0 Å². The summed E-state index contributed by atoms with van der Waals surface area (Å²) in [6.07, 6.45) is 0.714. The minimum atomic E-state index is -3.38. The third-order valence-electron chi connectivity index (χ3n) is 2.11. The normalized spacial score (nSPS) is 11.8. The quantitative estimate of drug-likeness (QED) is 0.899. The molecule has 0 saturated carbocycles. The summed E-state index contributed by atoms with van der Waals surface area (Å²) in [5.74, 6) is 0. The molecule has 0 radical (unpaired) electrons. The molecule has 0 aliphatic heterocycles.